The number of anilines is 1. The van der Waals surface area contributed by atoms with Crippen LogP contribution < -0.4 is 15.6 Å². The summed E-state index contributed by atoms with van der Waals surface area (Å²) in [5, 5.41) is 14.6. The van der Waals surface area contributed by atoms with Gasteiger partial charge < -0.3 is 20.3 Å². The SMILES string of the molecule is CC(NC1CCN(c2nc3[nH]cc(C(=O)O)c(=O)c3cc2F)C1)c1cccs1. The van der Waals surface area contributed by atoms with E-state index in [1.54, 1.807) is 11.3 Å². The number of rotatable bonds is 5. The van der Waals surface area contributed by atoms with Gasteiger partial charge in [-0.15, -0.1) is 11.3 Å². The summed E-state index contributed by atoms with van der Waals surface area (Å²) in [7, 11) is 0. The number of nitrogens with zero attached hydrogens (tertiary/aromatic N) is 2. The van der Waals surface area contributed by atoms with E-state index in [1.165, 1.54) is 4.88 Å². The van der Waals surface area contributed by atoms with E-state index in [4.69, 9.17) is 5.11 Å². The molecule has 2 atom stereocenters. The van der Waals surface area contributed by atoms with Gasteiger partial charge in [-0.05, 0) is 30.9 Å². The highest BCUT2D eigenvalue weighted by Crippen LogP contribution is 2.26. The van der Waals surface area contributed by atoms with Crippen LogP contribution in [0.1, 0.15) is 34.6 Å². The zero-order valence-corrected chi connectivity index (χ0v) is 15.9. The van der Waals surface area contributed by atoms with Crippen LogP contribution in [0.25, 0.3) is 11.0 Å². The van der Waals surface area contributed by atoms with Gasteiger partial charge >= 0.3 is 5.97 Å². The van der Waals surface area contributed by atoms with Crippen molar-refractivity contribution in [3.8, 4) is 0 Å². The number of thiophene rings is 1. The summed E-state index contributed by atoms with van der Waals surface area (Å²) in [5.41, 5.74) is -1.01. The van der Waals surface area contributed by atoms with E-state index in [9.17, 15) is 14.0 Å². The minimum absolute atomic E-state index is 0.0682. The molecule has 1 saturated heterocycles. The Bertz CT molecular complexity index is 1080. The summed E-state index contributed by atoms with van der Waals surface area (Å²) in [5.74, 6) is -1.83. The first-order valence-electron chi connectivity index (χ1n) is 8.93. The highest BCUT2D eigenvalue weighted by molar-refractivity contribution is 7.10. The lowest BCUT2D eigenvalue weighted by Crippen LogP contribution is -2.34. The van der Waals surface area contributed by atoms with Gasteiger partial charge in [0.1, 0.15) is 11.2 Å². The number of H-pyrrole nitrogens is 1. The van der Waals surface area contributed by atoms with E-state index in [0.717, 1.165) is 18.7 Å². The fraction of sp³-hybridized carbons (Fsp3) is 0.316. The highest BCUT2D eigenvalue weighted by Gasteiger charge is 2.27. The molecule has 7 nitrogen and oxygen atoms in total. The van der Waals surface area contributed by atoms with Gasteiger partial charge in [0.05, 0.1) is 5.39 Å². The van der Waals surface area contributed by atoms with Crippen LogP contribution in [0.15, 0.2) is 34.6 Å². The summed E-state index contributed by atoms with van der Waals surface area (Å²) >= 11 is 1.70. The number of carboxylic acids is 1. The predicted molar refractivity (Wildman–Crippen MR) is 106 cm³/mol. The minimum atomic E-state index is -1.36. The van der Waals surface area contributed by atoms with Gasteiger partial charge in [0.25, 0.3) is 0 Å². The summed E-state index contributed by atoms with van der Waals surface area (Å²) < 4.78 is 14.7. The van der Waals surface area contributed by atoms with Crippen LogP contribution in [-0.2, 0) is 0 Å². The van der Waals surface area contributed by atoms with E-state index in [0.29, 0.717) is 13.1 Å². The number of fused-ring (bicyclic) bond motifs is 1. The molecule has 0 amide bonds. The predicted octanol–water partition coefficient (Wildman–Crippen LogP) is 2.75. The molecule has 2 unspecified atom stereocenters. The van der Waals surface area contributed by atoms with Crippen molar-refractivity contribution in [2.75, 3.05) is 18.0 Å². The van der Waals surface area contributed by atoms with E-state index in [-0.39, 0.29) is 28.9 Å². The summed E-state index contributed by atoms with van der Waals surface area (Å²) in [4.78, 5) is 33.3. The molecule has 4 rings (SSSR count). The lowest BCUT2D eigenvalue weighted by molar-refractivity contribution is 0.0695. The van der Waals surface area contributed by atoms with Gasteiger partial charge in [-0.25, -0.2) is 14.2 Å². The van der Waals surface area contributed by atoms with Crippen LogP contribution in [0.5, 0.6) is 0 Å². The first-order chi connectivity index (χ1) is 13.4. The topological polar surface area (TPSA) is 98.3 Å². The summed E-state index contributed by atoms with van der Waals surface area (Å²) in [6.45, 7) is 3.35. The average Bonchev–Trinajstić information content (AvgIpc) is 3.33. The molecule has 3 aromatic rings. The molecule has 1 aliphatic rings. The molecular weight excluding hydrogens is 383 g/mol. The molecule has 4 heterocycles. The number of pyridine rings is 2. The van der Waals surface area contributed by atoms with Gasteiger partial charge in [0.15, 0.2) is 11.6 Å². The number of hydrogen-bond donors (Lipinski definition) is 3. The molecule has 0 aromatic carbocycles. The van der Waals surface area contributed by atoms with Crippen LogP contribution in [0.2, 0.25) is 0 Å². The third-order valence-corrected chi connectivity index (χ3v) is 6.03. The Morgan fingerprint density at radius 2 is 2.36 bits per heavy atom. The molecule has 3 N–H and O–H groups in total. The lowest BCUT2D eigenvalue weighted by Gasteiger charge is -2.21. The van der Waals surface area contributed by atoms with Crippen LogP contribution in [0.3, 0.4) is 0 Å². The molecule has 0 radical (unpaired) electrons. The number of nitrogens with one attached hydrogen (secondary N) is 2. The largest absolute Gasteiger partial charge is 0.477 e. The van der Waals surface area contributed by atoms with Gasteiger partial charge in [-0.3, -0.25) is 4.79 Å². The van der Waals surface area contributed by atoms with Crippen molar-refractivity contribution in [1.82, 2.24) is 15.3 Å². The summed E-state index contributed by atoms with van der Waals surface area (Å²) in [6.07, 6.45) is 1.95. The standard InChI is InChI=1S/C19H19FN4O3S/c1-10(15-3-2-6-28-15)22-11-4-5-24(9-11)18-14(20)7-12-16(25)13(19(26)27)8-21-17(12)23-18/h2-3,6-8,10-11,22H,4-5,9H2,1H3,(H,26,27)(H,21,23,25). The first kappa shape index (κ1) is 18.6. The third-order valence-electron chi connectivity index (χ3n) is 4.97. The molecule has 0 bridgehead atoms. The van der Waals surface area contributed by atoms with Crippen molar-refractivity contribution in [3.05, 3.63) is 56.3 Å². The maximum atomic E-state index is 14.7. The number of carbonyl (C=O) groups is 1. The maximum Gasteiger partial charge on any atom is 0.341 e. The van der Waals surface area contributed by atoms with Gasteiger partial charge in [0, 0.05) is 36.2 Å². The molecular formula is C19H19FN4O3S. The van der Waals surface area contributed by atoms with Crippen molar-refractivity contribution < 1.29 is 14.3 Å². The minimum Gasteiger partial charge on any atom is -0.477 e. The molecule has 146 valence electrons. The Morgan fingerprint density at radius 1 is 1.54 bits per heavy atom. The Labute approximate surface area is 163 Å². The van der Waals surface area contributed by atoms with Crippen LogP contribution >= 0.6 is 11.3 Å². The van der Waals surface area contributed by atoms with E-state index < -0.39 is 22.8 Å². The lowest BCUT2D eigenvalue weighted by atomic mass is 10.2. The monoisotopic (exact) mass is 402 g/mol. The van der Waals surface area contributed by atoms with Crippen LogP contribution in [0.4, 0.5) is 10.2 Å². The number of aromatic amines is 1. The summed E-state index contributed by atoms with van der Waals surface area (Å²) in [6, 6.07) is 5.58. The third kappa shape index (κ3) is 3.38. The van der Waals surface area contributed by atoms with Crippen molar-refractivity contribution in [2.24, 2.45) is 0 Å². The molecule has 28 heavy (non-hydrogen) atoms. The number of carboxylic acid groups (broad SMARTS) is 1. The maximum absolute atomic E-state index is 14.7. The Balaban J connectivity index is 1.56. The Kier molecular flexibility index (Phi) is 4.86. The Hall–Kier alpha value is -2.78. The molecule has 0 aliphatic carbocycles. The number of hydrogen-bond acceptors (Lipinski definition) is 6. The fourth-order valence-corrected chi connectivity index (χ4v) is 4.30. The fourth-order valence-electron chi connectivity index (χ4n) is 3.56. The van der Waals surface area contributed by atoms with Crippen LogP contribution in [0, 0.1) is 5.82 Å². The molecule has 1 fully saturated rings. The molecule has 1 aliphatic heterocycles. The molecule has 3 aromatic heterocycles. The zero-order chi connectivity index (χ0) is 19.8. The van der Waals surface area contributed by atoms with Crippen molar-refractivity contribution in [2.45, 2.75) is 25.4 Å². The number of aromatic nitrogens is 2. The molecule has 0 saturated carbocycles. The van der Waals surface area contributed by atoms with Crippen LogP contribution in [-0.4, -0.2) is 40.2 Å². The molecule has 9 heteroatoms. The quantitative estimate of drug-likeness (QED) is 0.607. The van der Waals surface area contributed by atoms with Gasteiger partial charge in [0.2, 0.25) is 5.43 Å². The second-order valence-electron chi connectivity index (χ2n) is 6.86. The molecule has 0 spiro atoms. The zero-order valence-electron chi connectivity index (χ0n) is 15.1. The smallest absolute Gasteiger partial charge is 0.341 e. The first-order valence-corrected chi connectivity index (χ1v) is 9.81. The van der Waals surface area contributed by atoms with Crippen molar-refractivity contribution in [1.29, 1.82) is 0 Å². The second-order valence-corrected chi connectivity index (χ2v) is 7.84. The van der Waals surface area contributed by atoms with E-state index in [1.807, 2.05) is 16.3 Å². The van der Waals surface area contributed by atoms with Gasteiger partial charge in [-0.1, -0.05) is 6.07 Å². The number of halogens is 1. The van der Waals surface area contributed by atoms with Gasteiger partial charge in [-0.2, -0.15) is 0 Å². The van der Waals surface area contributed by atoms with Crippen molar-refractivity contribution >= 4 is 34.2 Å². The van der Waals surface area contributed by atoms with Crippen molar-refractivity contribution in [3.63, 3.8) is 0 Å². The normalized spacial score (nSPS) is 17.9. The average molecular weight is 402 g/mol. The number of aromatic carboxylic acids is 1. The Morgan fingerprint density at radius 3 is 3.07 bits per heavy atom. The second kappa shape index (κ2) is 7.33. The van der Waals surface area contributed by atoms with E-state index >= 15 is 0 Å². The highest BCUT2D eigenvalue weighted by atomic mass is 32.1. The van der Waals surface area contributed by atoms with E-state index in [2.05, 4.69) is 28.3 Å².